The molecule has 1 aliphatic rings. The number of carbonyl (C=O) groups is 2. The van der Waals surface area contributed by atoms with Gasteiger partial charge in [0.15, 0.2) is 11.5 Å². The lowest BCUT2D eigenvalue weighted by Gasteiger charge is -2.13. The van der Waals surface area contributed by atoms with Crippen molar-refractivity contribution >= 4 is 57.3 Å². The number of imide groups is 1. The van der Waals surface area contributed by atoms with E-state index in [1.54, 1.807) is 37.5 Å². The van der Waals surface area contributed by atoms with Gasteiger partial charge in [0.2, 0.25) is 0 Å². The summed E-state index contributed by atoms with van der Waals surface area (Å²) in [4.78, 5) is 26.6. The Hall–Kier alpha value is -2.00. The van der Waals surface area contributed by atoms with E-state index in [9.17, 15) is 9.59 Å². The number of hydrogen-bond donors (Lipinski definition) is 0. The second kappa shape index (κ2) is 8.79. The minimum absolute atomic E-state index is 0.304. The van der Waals surface area contributed by atoms with Crippen LogP contribution in [0.4, 0.5) is 10.5 Å². The average Bonchev–Trinajstić information content (AvgIpc) is 2.94. The van der Waals surface area contributed by atoms with Gasteiger partial charge in [-0.05, 0) is 76.7 Å². The smallest absolute Gasteiger partial charge is 0.298 e. The van der Waals surface area contributed by atoms with Crippen LogP contribution in [0.25, 0.3) is 6.08 Å². The molecule has 3 rings (SSSR count). The van der Waals surface area contributed by atoms with Gasteiger partial charge in [-0.15, -0.1) is 0 Å². The summed E-state index contributed by atoms with van der Waals surface area (Å²) in [6, 6.07) is 12.6. The highest BCUT2D eigenvalue weighted by atomic mass is 127. The predicted octanol–water partition coefficient (Wildman–Crippen LogP) is 5.33. The van der Waals surface area contributed by atoms with E-state index >= 15 is 0 Å². The molecule has 0 saturated carbocycles. The number of methoxy groups -OCH3 is 1. The molecule has 0 radical (unpaired) electrons. The molecule has 2 aromatic carbocycles. The van der Waals surface area contributed by atoms with Crippen molar-refractivity contribution in [1.29, 1.82) is 0 Å². The number of nitrogens with zero attached hydrogens (tertiary/aromatic N) is 1. The predicted molar refractivity (Wildman–Crippen MR) is 116 cm³/mol. The summed E-state index contributed by atoms with van der Waals surface area (Å²) in [5.41, 5.74) is 1.34. The van der Waals surface area contributed by atoms with Crippen LogP contribution in [0.15, 0.2) is 47.4 Å². The Bertz CT molecular complexity index is 898. The molecule has 1 aliphatic heterocycles. The quantitative estimate of drug-likeness (QED) is 0.401. The fraction of sp³-hybridized carbons (Fsp3) is 0.200. The van der Waals surface area contributed by atoms with Gasteiger partial charge >= 0.3 is 0 Å². The zero-order valence-corrected chi connectivity index (χ0v) is 17.9. The van der Waals surface area contributed by atoms with E-state index < -0.39 is 0 Å². The molecule has 0 spiro atoms. The van der Waals surface area contributed by atoms with Crippen LogP contribution in [0, 0.1) is 3.57 Å². The molecule has 0 N–H and O–H groups in total. The fourth-order valence-corrected chi connectivity index (χ4v) is 4.21. The van der Waals surface area contributed by atoms with E-state index in [0.29, 0.717) is 28.7 Å². The van der Waals surface area contributed by atoms with Crippen LogP contribution < -0.4 is 14.4 Å². The first-order valence-corrected chi connectivity index (χ1v) is 10.3. The molecule has 0 aliphatic carbocycles. The largest absolute Gasteiger partial charge is 0.493 e. The number of para-hydroxylation sites is 1. The zero-order valence-electron chi connectivity index (χ0n) is 14.9. The molecule has 7 heteroatoms. The Labute approximate surface area is 175 Å². The van der Waals surface area contributed by atoms with Crippen LogP contribution in [0.3, 0.4) is 0 Å². The number of benzene rings is 2. The lowest BCUT2D eigenvalue weighted by atomic mass is 10.1. The number of ether oxygens (including phenoxy) is 2. The summed E-state index contributed by atoms with van der Waals surface area (Å²) >= 11 is 3.11. The first-order valence-electron chi connectivity index (χ1n) is 8.38. The van der Waals surface area contributed by atoms with Crippen LogP contribution in [0.1, 0.15) is 18.9 Å². The topological polar surface area (TPSA) is 55.8 Å². The summed E-state index contributed by atoms with van der Waals surface area (Å²) < 4.78 is 12.1. The molecule has 27 heavy (non-hydrogen) atoms. The van der Waals surface area contributed by atoms with Crippen molar-refractivity contribution in [2.24, 2.45) is 0 Å². The highest BCUT2D eigenvalue weighted by Gasteiger charge is 2.36. The number of amides is 2. The Morgan fingerprint density at radius 3 is 2.59 bits per heavy atom. The Balaban J connectivity index is 1.92. The van der Waals surface area contributed by atoms with Crippen LogP contribution in [0.5, 0.6) is 11.5 Å². The third-order valence-electron chi connectivity index (χ3n) is 3.81. The molecular weight excluding hydrogens is 477 g/mol. The maximum Gasteiger partial charge on any atom is 0.298 e. The maximum absolute atomic E-state index is 12.7. The first kappa shape index (κ1) is 19.8. The monoisotopic (exact) mass is 495 g/mol. The summed E-state index contributed by atoms with van der Waals surface area (Å²) in [5.74, 6) is 0.967. The van der Waals surface area contributed by atoms with Gasteiger partial charge in [0.25, 0.3) is 11.1 Å². The van der Waals surface area contributed by atoms with E-state index in [1.165, 1.54) is 4.90 Å². The van der Waals surface area contributed by atoms with Crippen LogP contribution in [-0.4, -0.2) is 24.9 Å². The molecule has 1 fully saturated rings. The molecule has 1 saturated heterocycles. The number of carbonyl (C=O) groups excluding carboxylic acids is 2. The van der Waals surface area contributed by atoms with Crippen molar-refractivity contribution in [2.75, 3.05) is 18.6 Å². The van der Waals surface area contributed by atoms with Crippen molar-refractivity contribution in [1.82, 2.24) is 0 Å². The SMILES string of the molecule is CCCOc1c(I)cc(/C=C2/SC(=O)N(c3ccccc3)C2=O)cc1OC. The third-order valence-corrected chi connectivity index (χ3v) is 5.48. The second-order valence-electron chi connectivity index (χ2n) is 5.74. The number of hydrogen-bond acceptors (Lipinski definition) is 5. The van der Waals surface area contributed by atoms with Gasteiger partial charge in [0.05, 0.1) is 27.9 Å². The van der Waals surface area contributed by atoms with Crippen molar-refractivity contribution in [2.45, 2.75) is 13.3 Å². The molecule has 2 aromatic rings. The van der Waals surface area contributed by atoms with Crippen LogP contribution in [0.2, 0.25) is 0 Å². The van der Waals surface area contributed by atoms with E-state index in [2.05, 4.69) is 22.6 Å². The molecule has 1 heterocycles. The fourth-order valence-electron chi connectivity index (χ4n) is 2.59. The van der Waals surface area contributed by atoms with Gasteiger partial charge in [0, 0.05) is 0 Å². The molecule has 2 amide bonds. The molecule has 0 unspecified atom stereocenters. The minimum atomic E-state index is -0.323. The van der Waals surface area contributed by atoms with Gasteiger partial charge in [-0.1, -0.05) is 25.1 Å². The number of anilines is 1. The molecule has 0 aromatic heterocycles. The maximum atomic E-state index is 12.7. The summed E-state index contributed by atoms with van der Waals surface area (Å²) in [6.07, 6.45) is 2.61. The van der Waals surface area contributed by atoms with Crippen molar-refractivity contribution < 1.29 is 19.1 Å². The van der Waals surface area contributed by atoms with Gasteiger partial charge < -0.3 is 9.47 Å². The Morgan fingerprint density at radius 2 is 1.93 bits per heavy atom. The first-order chi connectivity index (χ1) is 13.0. The van der Waals surface area contributed by atoms with Crippen molar-refractivity contribution in [3.63, 3.8) is 0 Å². The van der Waals surface area contributed by atoms with Crippen LogP contribution >= 0.6 is 34.4 Å². The molecule has 0 atom stereocenters. The Morgan fingerprint density at radius 1 is 1.19 bits per heavy atom. The molecule has 140 valence electrons. The number of rotatable bonds is 6. The third kappa shape index (κ3) is 4.30. The van der Waals surface area contributed by atoms with Crippen LogP contribution in [-0.2, 0) is 4.79 Å². The normalized spacial score (nSPS) is 15.5. The number of thioether (sulfide) groups is 1. The second-order valence-corrected chi connectivity index (χ2v) is 7.89. The summed E-state index contributed by atoms with van der Waals surface area (Å²) in [5, 5.41) is -0.304. The van der Waals surface area contributed by atoms with Gasteiger partial charge in [-0.25, -0.2) is 4.90 Å². The highest BCUT2D eigenvalue weighted by Crippen LogP contribution is 2.38. The Kier molecular flexibility index (Phi) is 6.43. The standard InChI is InChI=1S/C20H18INO4S/c1-3-9-26-18-15(21)10-13(11-16(18)25-2)12-17-19(23)22(20(24)27-17)14-7-5-4-6-8-14/h4-8,10-12H,3,9H2,1-2H3/b17-12+. The lowest BCUT2D eigenvalue weighted by Crippen LogP contribution is -2.27. The zero-order chi connectivity index (χ0) is 19.4. The molecule has 5 nitrogen and oxygen atoms in total. The van der Waals surface area contributed by atoms with E-state index in [-0.39, 0.29) is 11.1 Å². The van der Waals surface area contributed by atoms with Gasteiger partial charge in [0.1, 0.15) is 0 Å². The van der Waals surface area contributed by atoms with Crippen molar-refractivity contribution in [3.05, 3.63) is 56.5 Å². The molecule has 0 bridgehead atoms. The van der Waals surface area contributed by atoms with Crippen molar-refractivity contribution in [3.8, 4) is 11.5 Å². The van der Waals surface area contributed by atoms with E-state index in [0.717, 1.165) is 27.3 Å². The summed E-state index contributed by atoms with van der Waals surface area (Å²) in [6.45, 7) is 2.64. The number of halogens is 1. The lowest BCUT2D eigenvalue weighted by molar-refractivity contribution is -0.113. The van der Waals surface area contributed by atoms with Gasteiger partial charge in [-0.3, -0.25) is 9.59 Å². The minimum Gasteiger partial charge on any atom is -0.493 e. The van der Waals surface area contributed by atoms with Gasteiger partial charge in [-0.2, -0.15) is 0 Å². The molecular formula is C20H18INO4S. The van der Waals surface area contributed by atoms with E-state index in [1.807, 2.05) is 25.1 Å². The van der Waals surface area contributed by atoms with E-state index in [4.69, 9.17) is 9.47 Å². The average molecular weight is 495 g/mol. The highest BCUT2D eigenvalue weighted by molar-refractivity contribution is 14.1. The summed E-state index contributed by atoms with van der Waals surface area (Å²) in [7, 11) is 1.58.